The molecular weight excluding hydrogens is 300 g/mol. The van der Waals surface area contributed by atoms with E-state index in [0.717, 1.165) is 19.6 Å². The zero-order chi connectivity index (χ0) is 14.4. The molecule has 3 heteroatoms. The molecule has 0 fully saturated rings. The highest BCUT2D eigenvalue weighted by Crippen LogP contribution is 2.25. The van der Waals surface area contributed by atoms with Crippen LogP contribution >= 0.6 is 15.9 Å². The molecule has 0 spiro atoms. The largest absolute Gasteiger partial charge is 0.371 e. The van der Waals surface area contributed by atoms with Gasteiger partial charge < -0.3 is 10.2 Å². The summed E-state index contributed by atoms with van der Waals surface area (Å²) in [5, 5.41) is 3.19. The lowest BCUT2D eigenvalue weighted by Crippen LogP contribution is -2.31. The smallest absolute Gasteiger partial charge is 0.0377 e. The van der Waals surface area contributed by atoms with Crippen LogP contribution in [0.15, 0.2) is 22.7 Å². The molecule has 0 saturated carbocycles. The summed E-state index contributed by atoms with van der Waals surface area (Å²) < 4.78 is 1.19. The third-order valence-electron chi connectivity index (χ3n) is 2.94. The minimum atomic E-state index is 0.675. The maximum absolute atomic E-state index is 3.68. The number of nitrogens with zero attached hydrogens (tertiary/aromatic N) is 1. The lowest BCUT2D eigenvalue weighted by molar-refractivity contribution is 0.552. The van der Waals surface area contributed by atoms with Gasteiger partial charge in [0.15, 0.2) is 0 Å². The van der Waals surface area contributed by atoms with Crippen molar-refractivity contribution in [2.24, 2.45) is 11.8 Å². The second-order valence-electron chi connectivity index (χ2n) is 6.00. The Morgan fingerprint density at radius 3 is 2.11 bits per heavy atom. The molecule has 0 unspecified atom stereocenters. The normalized spacial score (nSPS) is 11.4. The van der Waals surface area contributed by atoms with Gasteiger partial charge in [0, 0.05) is 29.8 Å². The Morgan fingerprint density at radius 1 is 1.11 bits per heavy atom. The first-order chi connectivity index (χ1) is 8.93. The van der Waals surface area contributed by atoms with Crippen LogP contribution in [0, 0.1) is 11.8 Å². The Labute approximate surface area is 126 Å². The van der Waals surface area contributed by atoms with Crippen molar-refractivity contribution in [3.8, 4) is 0 Å². The van der Waals surface area contributed by atoms with E-state index in [2.05, 4.69) is 72.0 Å². The molecule has 1 N–H and O–H groups in total. The molecule has 0 aliphatic rings. The molecule has 0 aromatic heterocycles. The van der Waals surface area contributed by atoms with Crippen LogP contribution in [0.5, 0.6) is 0 Å². The van der Waals surface area contributed by atoms with E-state index in [1.807, 2.05) is 7.05 Å². The van der Waals surface area contributed by atoms with Crippen molar-refractivity contribution < 1.29 is 0 Å². The Bertz CT molecular complexity index is 378. The first-order valence-electron chi connectivity index (χ1n) is 7.12. The highest BCUT2D eigenvalue weighted by molar-refractivity contribution is 9.10. The Kier molecular flexibility index (Phi) is 6.87. The second kappa shape index (κ2) is 7.91. The number of hydrogen-bond acceptors (Lipinski definition) is 2. The summed E-state index contributed by atoms with van der Waals surface area (Å²) >= 11 is 3.68. The Balaban J connectivity index is 2.92. The number of nitrogens with one attached hydrogen (secondary N) is 1. The zero-order valence-electron chi connectivity index (χ0n) is 12.8. The van der Waals surface area contributed by atoms with E-state index in [0.29, 0.717) is 11.8 Å². The van der Waals surface area contributed by atoms with Gasteiger partial charge in [0.25, 0.3) is 0 Å². The van der Waals surface area contributed by atoms with E-state index >= 15 is 0 Å². The van der Waals surface area contributed by atoms with E-state index in [4.69, 9.17) is 0 Å². The summed E-state index contributed by atoms with van der Waals surface area (Å²) in [6, 6.07) is 6.70. The van der Waals surface area contributed by atoms with Crippen molar-refractivity contribution in [1.82, 2.24) is 5.32 Å². The van der Waals surface area contributed by atoms with Crippen LogP contribution in [-0.2, 0) is 6.54 Å². The zero-order valence-corrected chi connectivity index (χ0v) is 14.4. The van der Waals surface area contributed by atoms with Crippen molar-refractivity contribution in [2.45, 2.75) is 34.2 Å². The quantitative estimate of drug-likeness (QED) is 0.804. The number of rotatable bonds is 7. The molecule has 2 nitrogen and oxygen atoms in total. The summed E-state index contributed by atoms with van der Waals surface area (Å²) in [4.78, 5) is 2.49. The highest BCUT2D eigenvalue weighted by atomic mass is 79.9. The second-order valence-corrected chi connectivity index (χ2v) is 6.85. The fourth-order valence-corrected chi connectivity index (χ4v) is 2.74. The Hall–Kier alpha value is -0.540. The van der Waals surface area contributed by atoms with Gasteiger partial charge in [-0.05, 0) is 36.6 Å². The SMILES string of the molecule is CNCc1ccc(N(CC(C)C)CC(C)C)cc1Br. The minimum Gasteiger partial charge on any atom is -0.371 e. The van der Waals surface area contributed by atoms with Crippen molar-refractivity contribution >= 4 is 21.6 Å². The topological polar surface area (TPSA) is 15.3 Å². The molecule has 0 amide bonds. The van der Waals surface area contributed by atoms with Crippen LogP contribution in [0.1, 0.15) is 33.3 Å². The number of benzene rings is 1. The molecule has 1 rings (SSSR count). The van der Waals surface area contributed by atoms with Gasteiger partial charge in [-0.3, -0.25) is 0 Å². The molecule has 0 atom stereocenters. The molecule has 0 saturated heterocycles. The summed E-state index contributed by atoms with van der Waals surface area (Å²) in [6.45, 7) is 12.2. The molecule has 0 heterocycles. The molecular formula is C16H27BrN2. The molecule has 19 heavy (non-hydrogen) atoms. The van der Waals surface area contributed by atoms with Crippen LogP contribution in [0.2, 0.25) is 0 Å². The molecule has 0 radical (unpaired) electrons. The van der Waals surface area contributed by atoms with Crippen molar-refractivity contribution in [3.05, 3.63) is 28.2 Å². The summed E-state index contributed by atoms with van der Waals surface area (Å²) in [6.07, 6.45) is 0. The van der Waals surface area contributed by atoms with Crippen LogP contribution in [-0.4, -0.2) is 20.1 Å². The van der Waals surface area contributed by atoms with E-state index < -0.39 is 0 Å². The lowest BCUT2D eigenvalue weighted by atomic mass is 10.1. The van der Waals surface area contributed by atoms with Gasteiger partial charge in [-0.2, -0.15) is 0 Å². The van der Waals surface area contributed by atoms with Crippen molar-refractivity contribution in [2.75, 3.05) is 25.0 Å². The van der Waals surface area contributed by atoms with Gasteiger partial charge in [-0.25, -0.2) is 0 Å². The molecule has 0 aliphatic heterocycles. The number of halogens is 1. The molecule has 0 bridgehead atoms. The van der Waals surface area contributed by atoms with Gasteiger partial charge in [-0.15, -0.1) is 0 Å². The summed E-state index contributed by atoms with van der Waals surface area (Å²) in [5.41, 5.74) is 2.62. The van der Waals surface area contributed by atoms with Gasteiger partial charge in [0.2, 0.25) is 0 Å². The van der Waals surface area contributed by atoms with Gasteiger partial charge in [0.05, 0.1) is 0 Å². The lowest BCUT2D eigenvalue weighted by Gasteiger charge is -2.29. The predicted octanol–water partition coefficient (Wildman–Crippen LogP) is 4.29. The van der Waals surface area contributed by atoms with Gasteiger partial charge in [0.1, 0.15) is 0 Å². The van der Waals surface area contributed by atoms with E-state index in [-0.39, 0.29) is 0 Å². The first-order valence-corrected chi connectivity index (χ1v) is 7.91. The van der Waals surface area contributed by atoms with E-state index in [1.165, 1.54) is 15.7 Å². The monoisotopic (exact) mass is 326 g/mol. The standard InChI is InChI=1S/C16H27BrN2/c1-12(2)10-19(11-13(3)4)15-7-6-14(9-18-5)16(17)8-15/h6-8,12-13,18H,9-11H2,1-5H3. The minimum absolute atomic E-state index is 0.675. The average molecular weight is 327 g/mol. The maximum atomic E-state index is 3.68. The molecule has 1 aromatic carbocycles. The predicted molar refractivity (Wildman–Crippen MR) is 88.8 cm³/mol. The molecule has 108 valence electrons. The summed E-state index contributed by atoms with van der Waals surface area (Å²) in [5.74, 6) is 1.35. The fraction of sp³-hybridized carbons (Fsp3) is 0.625. The molecule has 0 aliphatic carbocycles. The Morgan fingerprint density at radius 2 is 1.68 bits per heavy atom. The number of anilines is 1. The third kappa shape index (κ3) is 5.53. The van der Waals surface area contributed by atoms with Crippen molar-refractivity contribution in [3.63, 3.8) is 0 Å². The van der Waals surface area contributed by atoms with E-state index in [1.54, 1.807) is 0 Å². The van der Waals surface area contributed by atoms with Crippen LogP contribution in [0.25, 0.3) is 0 Å². The highest BCUT2D eigenvalue weighted by Gasteiger charge is 2.12. The molecule has 1 aromatic rings. The summed E-state index contributed by atoms with van der Waals surface area (Å²) in [7, 11) is 1.98. The first kappa shape index (κ1) is 16.5. The van der Waals surface area contributed by atoms with E-state index in [9.17, 15) is 0 Å². The van der Waals surface area contributed by atoms with Crippen molar-refractivity contribution in [1.29, 1.82) is 0 Å². The third-order valence-corrected chi connectivity index (χ3v) is 3.68. The fourth-order valence-electron chi connectivity index (χ4n) is 2.23. The number of hydrogen-bond donors (Lipinski definition) is 1. The van der Waals surface area contributed by atoms with Crippen LogP contribution in [0.3, 0.4) is 0 Å². The van der Waals surface area contributed by atoms with Gasteiger partial charge >= 0.3 is 0 Å². The van der Waals surface area contributed by atoms with Gasteiger partial charge in [-0.1, -0.05) is 49.7 Å². The maximum Gasteiger partial charge on any atom is 0.0377 e. The average Bonchev–Trinajstić information content (AvgIpc) is 2.30. The van der Waals surface area contributed by atoms with Crippen LogP contribution in [0.4, 0.5) is 5.69 Å². The van der Waals surface area contributed by atoms with Crippen LogP contribution < -0.4 is 10.2 Å².